The van der Waals surface area contributed by atoms with Crippen LogP contribution in [-0.2, 0) is 21.4 Å². The van der Waals surface area contributed by atoms with Gasteiger partial charge in [-0.25, -0.2) is 0 Å². The van der Waals surface area contributed by atoms with E-state index in [2.05, 4.69) is 20.5 Å². The van der Waals surface area contributed by atoms with Gasteiger partial charge in [0.1, 0.15) is 6.54 Å². The van der Waals surface area contributed by atoms with E-state index >= 15 is 0 Å². The highest BCUT2D eigenvalue weighted by Crippen LogP contribution is 2.50. The highest BCUT2D eigenvalue weighted by Gasteiger charge is 2.49. The lowest BCUT2D eigenvalue weighted by Crippen LogP contribution is -2.47. The minimum atomic E-state index is -4.52. The highest BCUT2D eigenvalue weighted by atomic mass is 19.4. The molecule has 1 aliphatic carbocycles. The maximum absolute atomic E-state index is 13.7. The summed E-state index contributed by atoms with van der Waals surface area (Å²) in [6.07, 6.45) is 2.99. The van der Waals surface area contributed by atoms with E-state index in [1.54, 1.807) is 12.3 Å². The van der Waals surface area contributed by atoms with Crippen molar-refractivity contribution < 1.29 is 27.5 Å². The number of morpholine rings is 1. The van der Waals surface area contributed by atoms with E-state index in [4.69, 9.17) is 4.74 Å². The van der Waals surface area contributed by atoms with E-state index in [1.165, 1.54) is 0 Å². The van der Waals surface area contributed by atoms with Crippen LogP contribution >= 0.6 is 0 Å². The minimum absolute atomic E-state index is 0.220. The van der Waals surface area contributed by atoms with E-state index in [9.17, 15) is 22.8 Å². The Morgan fingerprint density at radius 1 is 1.02 bits per heavy atom. The SMILES string of the molecule is C/C=C\C1=C(C)c2ccccc2C1(CCCCc1ccc(NC(=O)c2ccccc2N2CCOCC2)cn1)C(=O)NCC(F)(F)F. The zero-order valence-corrected chi connectivity index (χ0v) is 26.1. The van der Waals surface area contributed by atoms with Crippen LogP contribution in [0.2, 0.25) is 0 Å². The lowest BCUT2D eigenvalue weighted by Gasteiger charge is -2.32. The molecule has 1 aliphatic heterocycles. The molecule has 0 spiro atoms. The van der Waals surface area contributed by atoms with Crippen molar-refractivity contribution in [2.75, 3.05) is 43.1 Å². The fourth-order valence-electron chi connectivity index (χ4n) is 6.47. The van der Waals surface area contributed by atoms with E-state index in [0.717, 1.165) is 46.7 Å². The summed E-state index contributed by atoms with van der Waals surface area (Å²) >= 11 is 0. The number of nitrogens with one attached hydrogen (secondary N) is 2. The van der Waals surface area contributed by atoms with Crippen molar-refractivity contribution >= 4 is 28.8 Å². The Morgan fingerprint density at radius 3 is 2.48 bits per heavy atom. The Hall–Kier alpha value is -4.44. The Morgan fingerprint density at radius 2 is 1.76 bits per heavy atom. The van der Waals surface area contributed by atoms with Crippen molar-refractivity contribution in [2.45, 2.75) is 51.1 Å². The van der Waals surface area contributed by atoms with Gasteiger partial charge in [0, 0.05) is 24.5 Å². The monoisotopic (exact) mass is 632 g/mol. The number of amides is 2. The van der Waals surface area contributed by atoms with Gasteiger partial charge in [0.05, 0.1) is 36.1 Å². The molecule has 1 saturated heterocycles. The summed E-state index contributed by atoms with van der Waals surface area (Å²) in [6, 6.07) is 18.6. The van der Waals surface area contributed by atoms with Crippen LogP contribution in [0.5, 0.6) is 0 Å². The van der Waals surface area contributed by atoms with Gasteiger partial charge in [-0.3, -0.25) is 14.6 Å². The van der Waals surface area contributed by atoms with E-state index in [0.29, 0.717) is 50.1 Å². The summed E-state index contributed by atoms with van der Waals surface area (Å²) < 4.78 is 44.9. The molecular weight excluding hydrogens is 593 g/mol. The molecule has 2 aromatic carbocycles. The number of anilines is 2. The van der Waals surface area contributed by atoms with Crippen LogP contribution in [0.1, 0.15) is 60.3 Å². The van der Waals surface area contributed by atoms with Gasteiger partial charge in [-0.15, -0.1) is 0 Å². The third kappa shape index (κ3) is 7.17. The topological polar surface area (TPSA) is 83.6 Å². The molecule has 5 rings (SSSR count). The van der Waals surface area contributed by atoms with Gasteiger partial charge in [0.2, 0.25) is 5.91 Å². The number of para-hydroxylation sites is 1. The molecular formula is C36H39F3N4O3. The van der Waals surface area contributed by atoms with Gasteiger partial charge in [0.15, 0.2) is 0 Å². The quantitative estimate of drug-likeness (QED) is 0.226. The molecule has 1 fully saturated rings. The number of hydrogen-bond donors (Lipinski definition) is 2. The van der Waals surface area contributed by atoms with Crippen molar-refractivity contribution in [3.05, 3.63) is 107 Å². The number of carbonyl (C=O) groups is 2. The maximum atomic E-state index is 13.7. The Bertz CT molecular complexity index is 1610. The second-order valence-corrected chi connectivity index (χ2v) is 11.6. The van der Waals surface area contributed by atoms with Crippen molar-refractivity contribution in [3.8, 4) is 0 Å². The lowest BCUT2D eigenvalue weighted by atomic mass is 9.72. The second kappa shape index (κ2) is 14.3. The van der Waals surface area contributed by atoms with Crippen LogP contribution in [0.25, 0.3) is 5.57 Å². The Balaban J connectivity index is 1.25. The summed E-state index contributed by atoms with van der Waals surface area (Å²) in [5.41, 5.74) is 4.84. The number of aryl methyl sites for hydroxylation is 1. The third-order valence-electron chi connectivity index (χ3n) is 8.64. The number of aromatic nitrogens is 1. The number of rotatable bonds is 11. The number of alkyl halides is 3. The average Bonchev–Trinajstić information content (AvgIpc) is 3.30. The van der Waals surface area contributed by atoms with Crippen LogP contribution < -0.4 is 15.5 Å². The summed E-state index contributed by atoms with van der Waals surface area (Å²) in [6.45, 7) is 5.05. The van der Waals surface area contributed by atoms with E-state index < -0.39 is 24.0 Å². The summed E-state index contributed by atoms with van der Waals surface area (Å²) in [7, 11) is 0. The fourth-order valence-corrected chi connectivity index (χ4v) is 6.47. The van der Waals surface area contributed by atoms with Crippen molar-refractivity contribution in [2.24, 2.45) is 0 Å². The van der Waals surface area contributed by atoms with Crippen LogP contribution in [0.3, 0.4) is 0 Å². The van der Waals surface area contributed by atoms with Gasteiger partial charge < -0.3 is 20.3 Å². The van der Waals surface area contributed by atoms with Gasteiger partial charge in [-0.1, -0.05) is 55.0 Å². The lowest BCUT2D eigenvalue weighted by molar-refractivity contribution is -0.141. The van der Waals surface area contributed by atoms with Crippen LogP contribution in [0.15, 0.2) is 84.6 Å². The van der Waals surface area contributed by atoms with Crippen LogP contribution in [-0.4, -0.2) is 55.8 Å². The molecule has 46 heavy (non-hydrogen) atoms. The van der Waals surface area contributed by atoms with Crippen molar-refractivity contribution in [3.63, 3.8) is 0 Å². The molecule has 7 nitrogen and oxygen atoms in total. The first-order valence-corrected chi connectivity index (χ1v) is 15.6. The zero-order valence-electron chi connectivity index (χ0n) is 26.1. The molecule has 0 radical (unpaired) electrons. The minimum Gasteiger partial charge on any atom is -0.378 e. The van der Waals surface area contributed by atoms with Gasteiger partial charge >= 0.3 is 6.18 Å². The first kappa shape index (κ1) is 32.9. The molecule has 3 aromatic rings. The largest absolute Gasteiger partial charge is 0.405 e. The molecule has 1 aromatic heterocycles. The molecule has 2 heterocycles. The van der Waals surface area contributed by atoms with E-state index in [1.807, 2.05) is 80.6 Å². The van der Waals surface area contributed by atoms with Crippen LogP contribution in [0.4, 0.5) is 24.5 Å². The summed E-state index contributed by atoms with van der Waals surface area (Å²) in [5, 5.41) is 5.13. The second-order valence-electron chi connectivity index (χ2n) is 11.6. The molecule has 10 heteroatoms. The van der Waals surface area contributed by atoms with Gasteiger partial charge in [0.25, 0.3) is 5.91 Å². The van der Waals surface area contributed by atoms with Crippen molar-refractivity contribution in [1.82, 2.24) is 10.3 Å². The molecule has 242 valence electrons. The number of benzene rings is 2. The molecule has 1 unspecified atom stereocenters. The standard InChI is InChI=1S/C36H39F3N4O3/c1-3-10-30-25(2)28-12-4-6-14-31(28)35(30,34(45)41-24-36(37,38)39)18-9-8-11-26-16-17-27(23-40-26)42-33(44)29-13-5-7-15-32(29)43-19-21-46-22-20-43/h3-7,10,12-17,23H,8-9,11,18-22,24H2,1-2H3,(H,41,45)(H,42,44)/b10-3-. The van der Waals surface area contributed by atoms with Gasteiger partial charge in [-0.2, -0.15) is 13.2 Å². The molecule has 2 amide bonds. The van der Waals surface area contributed by atoms with Crippen molar-refractivity contribution in [1.29, 1.82) is 0 Å². The first-order chi connectivity index (χ1) is 22.1. The number of fused-ring (bicyclic) bond motifs is 1. The Kier molecular flexibility index (Phi) is 10.3. The van der Waals surface area contributed by atoms with Gasteiger partial charge in [-0.05, 0) is 79.6 Å². The number of unbranched alkanes of at least 4 members (excludes halogenated alkanes) is 1. The molecule has 0 bridgehead atoms. The summed E-state index contributed by atoms with van der Waals surface area (Å²) in [4.78, 5) is 33.5. The summed E-state index contributed by atoms with van der Waals surface area (Å²) in [5.74, 6) is -0.862. The number of allylic oxidation sites excluding steroid dienone is 3. The number of pyridine rings is 1. The average molecular weight is 633 g/mol. The number of halogens is 3. The molecule has 0 saturated carbocycles. The highest BCUT2D eigenvalue weighted by molar-refractivity contribution is 6.08. The Labute approximate surface area is 267 Å². The predicted octanol–water partition coefficient (Wildman–Crippen LogP) is 6.86. The maximum Gasteiger partial charge on any atom is 0.405 e. The fraction of sp³-hybridized carbons (Fsp3) is 0.361. The number of carbonyl (C=O) groups excluding carboxylic acids is 2. The molecule has 2 aliphatic rings. The van der Waals surface area contributed by atoms with E-state index in [-0.39, 0.29) is 5.91 Å². The normalized spacial score (nSPS) is 18.2. The number of hydrogen-bond acceptors (Lipinski definition) is 5. The molecule has 2 N–H and O–H groups in total. The predicted molar refractivity (Wildman–Crippen MR) is 174 cm³/mol. The molecule has 1 atom stereocenters. The smallest absolute Gasteiger partial charge is 0.378 e. The number of ether oxygens (including phenoxy) is 1. The van der Waals surface area contributed by atoms with Crippen LogP contribution in [0, 0.1) is 0 Å². The third-order valence-corrected chi connectivity index (χ3v) is 8.64. The zero-order chi connectivity index (χ0) is 32.7. The number of nitrogens with zero attached hydrogens (tertiary/aromatic N) is 2. The first-order valence-electron chi connectivity index (χ1n) is 15.6.